The lowest BCUT2D eigenvalue weighted by Gasteiger charge is -2.25. The third-order valence-corrected chi connectivity index (χ3v) is 8.78. The van der Waals surface area contributed by atoms with Gasteiger partial charge in [-0.05, 0) is 53.6 Å². The third-order valence-electron chi connectivity index (χ3n) is 8.78. The summed E-state index contributed by atoms with van der Waals surface area (Å²) in [5.74, 6) is 1.89. The molecule has 0 saturated carbocycles. The van der Waals surface area contributed by atoms with E-state index in [0.29, 0.717) is 0 Å². The lowest BCUT2D eigenvalue weighted by molar-refractivity contribution is -0.437. The van der Waals surface area contributed by atoms with E-state index in [9.17, 15) is 0 Å². The maximum Gasteiger partial charge on any atom is 0.210 e. The van der Waals surface area contributed by atoms with Gasteiger partial charge in [0.1, 0.15) is 6.54 Å². The van der Waals surface area contributed by atoms with Gasteiger partial charge in [-0.15, -0.1) is 0 Å². The van der Waals surface area contributed by atoms with Crippen molar-refractivity contribution < 1.29 is 9.31 Å². The summed E-state index contributed by atoms with van der Waals surface area (Å²) in [4.78, 5) is 2.38. The molecule has 3 heteroatoms. The number of hydrogen-bond acceptors (Lipinski definition) is 2. The Morgan fingerprint density at radius 3 is 2.20 bits per heavy atom. The molecule has 0 saturated heterocycles. The van der Waals surface area contributed by atoms with Gasteiger partial charge in [-0.2, -0.15) is 4.58 Å². The lowest BCUT2D eigenvalue weighted by Crippen LogP contribution is -2.35. The van der Waals surface area contributed by atoms with E-state index in [1.807, 2.05) is 0 Å². The first-order valence-electron chi connectivity index (χ1n) is 15.0. The number of anilines is 1. The summed E-state index contributed by atoms with van der Waals surface area (Å²) in [6, 6.07) is 37.4. The second-order valence-electron chi connectivity index (χ2n) is 11.6. The Balaban J connectivity index is 1.46. The summed E-state index contributed by atoms with van der Waals surface area (Å²) in [6.07, 6.45) is 5.37. The maximum absolute atomic E-state index is 6.84. The van der Waals surface area contributed by atoms with Crippen molar-refractivity contribution in [3.8, 4) is 5.75 Å². The minimum absolute atomic E-state index is 0.238. The Hall–Kier alpha value is -4.37. The predicted molar refractivity (Wildman–Crippen MR) is 172 cm³/mol. The largest absolute Gasteiger partial charge is 0.438 e. The van der Waals surface area contributed by atoms with Crippen LogP contribution in [0.5, 0.6) is 5.75 Å². The SMILES string of the molecule is CCCN1/C(=C/C2=[N+](CCC)c3ccc4ccccc4c3C2(C)Cc2ccccc2)Oc2c1ccc1ccccc21. The highest BCUT2D eigenvalue weighted by molar-refractivity contribution is 6.09. The molecule has 2 aliphatic rings. The molecule has 0 aromatic heterocycles. The molecule has 0 spiro atoms. The third kappa shape index (κ3) is 4.14. The minimum atomic E-state index is -0.238. The molecular weight excluding hydrogens is 500 g/mol. The average Bonchev–Trinajstić information content (AvgIpc) is 3.47. The molecule has 2 heterocycles. The van der Waals surface area contributed by atoms with E-state index < -0.39 is 0 Å². The van der Waals surface area contributed by atoms with Crippen LogP contribution in [0.3, 0.4) is 0 Å². The van der Waals surface area contributed by atoms with Crippen molar-refractivity contribution in [2.75, 3.05) is 18.0 Å². The lowest BCUT2D eigenvalue weighted by atomic mass is 9.73. The Labute approximate surface area is 243 Å². The molecular formula is C38H37N2O+. The first kappa shape index (κ1) is 25.6. The molecule has 0 bridgehead atoms. The molecule has 1 unspecified atom stereocenters. The monoisotopic (exact) mass is 537 g/mol. The van der Waals surface area contributed by atoms with Gasteiger partial charge in [-0.3, -0.25) is 0 Å². The van der Waals surface area contributed by atoms with Crippen molar-refractivity contribution in [2.24, 2.45) is 0 Å². The summed E-state index contributed by atoms with van der Waals surface area (Å²) in [6.45, 7) is 8.82. The molecule has 7 rings (SSSR count). The van der Waals surface area contributed by atoms with Crippen LogP contribution in [0.4, 0.5) is 11.4 Å². The van der Waals surface area contributed by atoms with Gasteiger partial charge in [0, 0.05) is 30.0 Å². The van der Waals surface area contributed by atoms with Crippen molar-refractivity contribution in [3.05, 3.63) is 126 Å². The fraction of sp³-hybridized carbons (Fsp3) is 0.237. The highest BCUT2D eigenvalue weighted by atomic mass is 16.5. The first-order valence-corrected chi connectivity index (χ1v) is 15.0. The van der Waals surface area contributed by atoms with Gasteiger partial charge in [0.2, 0.25) is 11.6 Å². The van der Waals surface area contributed by atoms with Crippen LogP contribution in [0, 0.1) is 0 Å². The maximum atomic E-state index is 6.84. The van der Waals surface area contributed by atoms with E-state index in [1.54, 1.807) is 0 Å². The number of allylic oxidation sites excluding steroid dienone is 1. The van der Waals surface area contributed by atoms with Crippen LogP contribution < -0.4 is 9.64 Å². The molecule has 0 aliphatic carbocycles. The first-order chi connectivity index (χ1) is 20.1. The van der Waals surface area contributed by atoms with Gasteiger partial charge in [0.05, 0.1) is 17.2 Å². The van der Waals surface area contributed by atoms with Crippen LogP contribution in [0.1, 0.15) is 44.7 Å². The second-order valence-corrected chi connectivity index (χ2v) is 11.6. The Morgan fingerprint density at radius 2 is 1.44 bits per heavy atom. The summed E-state index contributed by atoms with van der Waals surface area (Å²) in [5, 5.41) is 5.00. The molecule has 0 amide bonds. The topological polar surface area (TPSA) is 15.5 Å². The van der Waals surface area contributed by atoms with Crippen LogP contribution >= 0.6 is 0 Å². The number of benzene rings is 5. The summed E-state index contributed by atoms with van der Waals surface area (Å²) < 4.78 is 9.41. The zero-order chi connectivity index (χ0) is 28.0. The van der Waals surface area contributed by atoms with E-state index in [0.717, 1.165) is 55.1 Å². The highest BCUT2D eigenvalue weighted by Gasteiger charge is 2.49. The Morgan fingerprint density at radius 1 is 0.756 bits per heavy atom. The molecule has 2 aliphatic heterocycles. The predicted octanol–water partition coefficient (Wildman–Crippen LogP) is 9.15. The summed E-state index contributed by atoms with van der Waals surface area (Å²) in [7, 11) is 0. The Bertz CT molecular complexity index is 1830. The van der Waals surface area contributed by atoms with Crippen LogP contribution in [-0.4, -0.2) is 23.4 Å². The molecule has 0 fully saturated rings. The highest BCUT2D eigenvalue weighted by Crippen LogP contribution is 2.48. The molecule has 1 atom stereocenters. The summed E-state index contributed by atoms with van der Waals surface area (Å²) in [5.41, 5.74) is 6.31. The fourth-order valence-corrected chi connectivity index (χ4v) is 7.01. The van der Waals surface area contributed by atoms with Crippen molar-refractivity contribution in [1.29, 1.82) is 0 Å². The zero-order valence-electron chi connectivity index (χ0n) is 24.2. The van der Waals surface area contributed by atoms with Gasteiger partial charge < -0.3 is 9.64 Å². The standard InChI is InChI=1S/C38H37N2O/c1-4-23-39-32-21-19-28-15-9-11-17-30(28)36(32)38(3,26-27-13-7-6-8-14-27)34(39)25-35-40(24-5-2)33-22-20-29-16-10-12-18-31(29)37(33)41-35/h6-22,25H,4-5,23-24,26H2,1-3H3/q+1. The van der Waals surface area contributed by atoms with Crippen LogP contribution in [-0.2, 0) is 11.8 Å². The van der Waals surface area contributed by atoms with Crippen molar-refractivity contribution in [2.45, 2.75) is 45.4 Å². The number of ether oxygens (including phenoxy) is 1. The van der Waals surface area contributed by atoms with E-state index in [1.165, 1.54) is 38.7 Å². The second kappa shape index (κ2) is 10.2. The van der Waals surface area contributed by atoms with Crippen LogP contribution in [0.25, 0.3) is 21.5 Å². The number of hydrogen-bond donors (Lipinski definition) is 0. The van der Waals surface area contributed by atoms with E-state index >= 15 is 0 Å². The molecule has 41 heavy (non-hydrogen) atoms. The fourth-order valence-electron chi connectivity index (χ4n) is 7.01. The van der Waals surface area contributed by atoms with Gasteiger partial charge >= 0.3 is 0 Å². The van der Waals surface area contributed by atoms with E-state index in [4.69, 9.17) is 4.74 Å². The van der Waals surface area contributed by atoms with E-state index in [2.05, 4.69) is 139 Å². The zero-order valence-corrected chi connectivity index (χ0v) is 24.2. The van der Waals surface area contributed by atoms with Crippen molar-refractivity contribution in [3.63, 3.8) is 0 Å². The Kier molecular flexibility index (Phi) is 6.38. The van der Waals surface area contributed by atoms with Crippen molar-refractivity contribution in [1.82, 2.24) is 0 Å². The average molecular weight is 538 g/mol. The molecule has 204 valence electrons. The van der Waals surface area contributed by atoms with Gasteiger partial charge in [-0.25, -0.2) is 0 Å². The molecule has 5 aromatic carbocycles. The summed E-state index contributed by atoms with van der Waals surface area (Å²) >= 11 is 0. The molecule has 5 aromatic rings. The molecule has 3 nitrogen and oxygen atoms in total. The number of fused-ring (bicyclic) bond motifs is 6. The smallest absolute Gasteiger partial charge is 0.210 e. The minimum Gasteiger partial charge on any atom is -0.438 e. The normalized spacial score (nSPS) is 18.8. The van der Waals surface area contributed by atoms with Crippen molar-refractivity contribution >= 4 is 38.6 Å². The number of nitrogens with zero attached hydrogens (tertiary/aromatic N) is 2. The molecule has 0 radical (unpaired) electrons. The van der Waals surface area contributed by atoms with Gasteiger partial charge in [0.25, 0.3) is 0 Å². The van der Waals surface area contributed by atoms with Crippen LogP contribution in [0.15, 0.2) is 115 Å². The van der Waals surface area contributed by atoms with Crippen LogP contribution in [0.2, 0.25) is 0 Å². The van der Waals surface area contributed by atoms with Gasteiger partial charge in [0.15, 0.2) is 11.5 Å². The van der Waals surface area contributed by atoms with E-state index in [-0.39, 0.29) is 5.41 Å². The molecule has 0 N–H and O–H groups in total. The van der Waals surface area contributed by atoms with Gasteiger partial charge in [-0.1, -0.05) is 98.8 Å². The quantitative estimate of drug-likeness (QED) is 0.192. The number of rotatable bonds is 7.